The Balaban J connectivity index is 0.00000208. The predicted octanol–water partition coefficient (Wildman–Crippen LogP) is 13.3. The summed E-state index contributed by atoms with van der Waals surface area (Å²) in [5.74, 6) is -0.0987. The molecule has 1 atom stereocenters. The fraction of sp³-hybridized carbons (Fsp3) is 0.0741. The third-order valence-electron chi connectivity index (χ3n) is 11.7. The molecule has 0 saturated carbocycles. The average molecular weight is 753 g/mol. The van der Waals surface area contributed by atoms with Gasteiger partial charge in [-0.05, 0) is 98.1 Å². The van der Waals surface area contributed by atoms with Crippen molar-refractivity contribution >= 4 is 40.0 Å². The molecular weight excluding hydrogens is 709 g/mol. The Kier molecular flexibility index (Phi) is 9.42. The zero-order valence-corrected chi connectivity index (χ0v) is 33.1. The van der Waals surface area contributed by atoms with E-state index in [-0.39, 0.29) is 5.92 Å². The van der Waals surface area contributed by atoms with E-state index in [0.29, 0.717) is 0 Å². The van der Waals surface area contributed by atoms with Gasteiger partial charge in [-0.3, -0.25) is 0 Å². The minimum absolute atomic E-state index is 0.0987. The van der Waals surface area contributed by atoms with E-state index in [1.54, 1.807) is 0 Å². The summed E-state index contributed by atoms with van der Waals surface area (Å²) in [5, 5.41) is 2.45. The molecule has 2 aliphatic carbocycles. The lowest BCUT2D eigenvalue weighted by Crippen LogP contribution is -2.24. The van der Waals surface area contributed by atoms with Crippen molar-refractivity contribution in [3.63, 3.8) is 0 Å². The number of allylic oxidation sites excluding steroid dienone is 2. The molecule has 2 nitrogen and oxygen atoms in total. The van der Waals surface area contributed by atoms with Crippen molar-refractivity contribution in [2.24, 2.45) is 11.5 Å². The summed E-state index contributed by atoms with van der Waals surface area (Å²) in [6.07, 6.45) is 8.72. The molecule has 0 radical (unpaired) electrons. The molecule has 4 N–H and O–H groups in total. The second-order valence-electron chi connectivity index (χ2n) is 14.5. The van der Waals surface area contributed by atoms with Gasteiger partial charge in [0.25, 0.3) is 0 Å². The zero-order chi connectivity index (χ0) is 39.1. The van der Waals surface area contributed by atoms with Gasteiger partial charge < -0.3 is 11.5 Å². The Labute approximate surface area is 339 Å². The highest BCUT2D eigenvalue weighted by Gasteiger charge is 2.53. The Morgan fingerprint density at radius 2 is 1.23 bits per heavy atom. The molecule has 276 valence electrons. The molecule has 1 heterocycles. The molecule has 1 aromatic heterocycles. The van der Waals surface area contributed by atoms with E-state index in [0.717, 1.165) is 11.3 Å². The van der Waals surface area contributed by atoms with Crippen molar-refractivity contribution in [2.75, 3.05) is 7.05 Å². The number of fused-ring (bicyclic) bond motifs is 11. The van der Waals surface area contributed by atoms with Gasteiger partial charge in [0.1, 0.15) is 0 Å². The number of benzene rings is 7. The number of hydrogen-bond donors (Lipinski definition) is 2. The van der Waals surface area contributed by atoms with Gasteiger partial charge in [-0.2, -0.15) is 0 Å². The summed E-state index contributed by atoms with van der Waals surface area (Å²) in [6, 6.07) is 59.8. The molecule has 57 heavy (non-hydrogen) atoms. The molecular formula is C54H44N2S. The molecule has 8 aromatic rings. The van der Waals surface area contributed by atoms with Crippen molar-refractivity contribution < 1.29 is 0 Å². The van der Waals surface area contributed by atoms with Crippen LogP contribution in [0.3, 0.4) is 0 Å². The Bertz CT molecular complexity index is 2820. The Morgan fingerprint density at radius 3 is 1.95 bits per heavy atom. The maximum absolute atomic E-state index is 6.98. The number of nitrogens with two attached hydrogens (primary N) is 2. The minimum Gasteiger partial charge on any atom is -0.398 e. The molecule has 0 fully saturated rings. The lowest BCUT2D eigenvalue weighted by atomic mass is 9.73. The molecule has 0 amide bonds. The van der Waals surface area contributed by atoms with Crippen molar-refractivity contribution in [1.82, 2.24) is 0 Å². The normalized spacial score (nSPS) is 13.8. The third kappa shape index (κ3) is 5.57. The monoisotopic (exact) mass is 752 g/mol. The summed E-state index contributed by atoms with van der Waals surface area (Å²) in [4.78, 5) is 2.58. The highest BCUT2D eigenvalue weighted by atomic mass is 32.1. The smallest absolute Gasteiger partial charge is 0.0819 e. The topological polar surface area (TPSA) is 52.0 Å². The maximum Gasteiger partial charge on any atom is 0.0819 e. The second-order valence-corrected chi connectivity index (χ2v) is 15.6. The fourth-order valence-corrected chi connectivity index (χ4v) is 10.8. The molecule has 10 rings (SSSR count). The highest BCUT2D eigenvalue weighted by Crippen LogP contribution is 2.66. The van der Waals surface area contributed by atoms with Crippen LogP contribution < -0.4 is 11.5 Å². The van der Waals surface area contributed by atoms with Gasteiger partial charge >= 0.3 is 0 Å². The molecule has 1 unspecified atom stereocenters. The van der Waals surface area contributed by atoms with Crippen LogP contribution in [0.5, 0.6) is 0 Å². The fourth-order valence-electron chi connectivity index (χ4n) is 9.42. The number of rotatable bonds is 7. The third-order valence-corrected chi connectivity index (χ3v) is 13.0. The molecule has 0 bridgehead atoms. The predicted molar refractivity (Wildman–Crippen MR) is 245 cm³/mol. The molecule has 0 aliphatic heterocycles. The Hall–Kier alpha value is -6.52. The van der Waals surface area contributed by atoms with E-state index in [9.17, 15) is 0 Å². The number of hydrogen-bond acceptors (Lipinski definition) is 3. The summed E-state index contributed by atoms with van der Waals surface area (Å²) in [5.41, 5.74) is 28.2. The van der Waals surface area contributed by atoms with Crippen LogP contribution in [0, 0.1) is 0 Å². The van der Waals surface area contributed by atoms with Gasteiger partial charge in [0, 0.05) is 32.5 Å². The molecule has 3 heteroatoms. The van der Waals surface area contributed by atoms with Gasteiger partial charge in [-0.1, -0.05) is 183 Å². The SMILES string of the molecule is C=Cc1sc2c(c1/C=C\C)-c1cc(-c3ccccc3C(/C=C(\N)c3ccccc3)c3cccc4ccccc34)ccc1C21c2ccccc2-c2ccccc21.CN. The van der Waals surface area contributed by atoms with Crippen molar-refractivity contribution in [1.29, 1.82) is 0 Å². The molecule has 7 aromatic carbocycles. The lowest BCUT2D eigenvalue weighted by molar-refractivity contribution is 0.811. The summed E-state index contributed by atoms with van der Waals surface area (Å²) in [6.45, 7) is 6.41. The first kappa shape index (κ1) is 36.1. The molecule has 1 spiro atoms. The highest BCUT2D eigenvalue weighted by molar-refractivity contribution is 7.14. The number of thiophene rings is 1. The summed E-state index contributed by atoms with van der Waals surface area (Å²) < 4.78 is 0. The second kappa shape index (κ2) is 14.9. The first-order chi connectivity index (χ1) is 28.1. The minimum atomic E-state index is -0.406. The van der Waals surface area contributed by atoms with E-state index in [1.807, 2.05) is 35.6 Å². The quantitative estimate of drug-likeness (QED) is 0.170. The largest absolute Gasteiger partial charge is 0.398 e. The van der Waals surface area contributed by atoms with Crippen molar-refractivity contribution in [3.8, 4) is 33.4 Å². The summed E-state index contributed by atoms with van der Waals surface area (Å²) >= 11 is 1.89. The van der Waals surface area contributed by atoms with Gasteiger partial charge in [0.15, 0.2) is 0 Å². The molecule has 0 saturated heterocycles. The van der Waals surface area contributed by atoms with Crippen LogP contribution in [0.2, 0.25) is 0 Å². The Morgan fingerprint density at radius 1 is 0.632 bits per heavy atom. The van der Waals surface area contributed by atoms with Crippen molar-refractivity contribution in [3.05, 3.63) is 231 Å². The summed E-state index contributed by atoms with van der Waals surface area (Å²) in [7, 11) is 1.50. The van der Waals surface area contributed by atoms with Gasteiger partial charge in [0.2, 0.25) is 0 Å². The van der Waals surface area contributed by atoms with E-state index < -0.39 is 5.41 Å². The van der Waals surface area contributed by atoms with E-state index in [4.69, 9.17) is 5.73 Å². The van der Waals surface area contributed by atoms with Crippen molar-refractivity contribution in [2.45, 2.75) is 18.3 Å². The van der Waals surface area contributed by atoms with E-state index >= 15 is 0 Å². The van der Waals surface area contributed by atoms with Crippen LogP contribution in [0.1, 0.15) is 61.5 Å². The van der Waals surface area contributed by atoms with Crippen LogP contribution in [-0.2, 0) is 5.41 Å². The lowest BCUT2D eigenvalue weighted by Gasteiger charge is -2.29. The van der Waals surface area contributed by atoms with Gasteiger partial charge in [-0.25, -0.2) is 0 Å². The van der Waals surface area contributed by atoms with Gasteiger partial charge in [0.05, 0.1) is 5.41 Å². The van der Waals surface area contributed by atoms with E-state index in [1.165, 1.54) is 94.3 Å². The van der Waals surface area contributed by atoms with Crippen LogP contribution in [0.25, 0.3) is 62.0 Å². The van der Waals surface area contributed by atoms with Crippen LogP contribution in [-0.4, -0.2) is 7.05 Å². The van der Waals surface area contributed by atoms with Crippen LogP contribution >= 0.6 is 11.3 Å². The van der Waals surface area contributed by atoms with Crippen LogP contribution in [0.4, 0.5) is 0 Å². The maximum atomic E-state index is 6.98. The standard InChI is InChI=1S/C53H39NS.CH5N/c1-3-17-43-50(4-2)55-52-51(43)45-32-36(30-31-48(45)53(52)46-28-14-12-25-41(46)42-26-13-15-29-47(42)53)38-23-10-11-24-39(38)44(33-49(54)35-19-6-5-7-20-35)40-27-16-21-34-18-8-9-22-37(34)40;1-2/h3-33,44H,2,54H2,1H3;2H2,1H3/b17-3-,49-33-;. The van der Waals surface area contributed by atoms with E-state index in [2.05, 4.69) is 183 Å². The van der Waals surface area contributed by atoms with Crippen LogP contribution in [0.15, 0.2) is 183 Å². The first-order valence-electron chi connectivity index (χ1n) is 19.6. The molecule has 2 aliphatic rings. The van der Waals surface area contributed by atoms with Gasteiger partial charge in [-0.15, -0.1) is 11.3 Å². The zero-order valence-electron chi connectivity index (χ0n) is 32.2. The first-order valence-corrected chi connectivity index (χ1v) is 20.4. The average Bonchev–Trinajstić information content (AvgIpc) is 3.89.